The lowest BCUT2D eigenvalue weighted by atomic mass is 10.2. The Kier molecular flexibility index (Phi) is 1.73. The molecular formula is C9H9N3O. The molecule has 0 unspecified atom stereocenters. The van der Waals surface area contributed by atoms with Gasteiger partial charge in [-0.3, -0.25) is 20.0 Å². The monoisotopic (exact) mass is 175 g/mol. The third-order valence-corrected chi connectivity index (χ3v) is 1.94. The van der Waals surface area contributed by atoms with Crippen molar-refractivity contribution < 1.29 is 0 Å². The van der Waals surface area contributed by atoms with Gasteiger partial charge in [0, 0.05) is 11.8 Å². The maximum atomic E-state index is 11.1. The smallest absolute Gasteiger partial charge is 0.267 e. The van der Waals surface area contributed by atoms with Crippen LogP contribution in [0.15, 0.2) is 29.2 Å². The maximum Gasteiger partial charge on any atom is 0.267 e. The minimum Gasteiger partial charge on any atom is -0.296 e. The molecule has 2 aromatic heterocycles. The van der Waals surface area contributed by atoms with Crippen LogP contribution in [0, 0.1) is 6.92 Å². The van der Waals surface area contributed by atoms with Gasteiger partial charge in [0.25, 0.3) is 5.56 Å². The molecule has 0 fully saturated rings. The first-order valence-corrected chi connectivity index (χ1v) is 3.97. The van der Waals surface area contributed by atoms with Gasteiger partial charge in [-0.1, -0.05) is 6.07 Å². The molecule has 0 saturated carbocycles. The average molecular weight is 175 g/mol. The first kappa shape index (κ1) is 7.79. The summed E-state index contributed by atoms with van der Waals surface area (Å²) >= 11 is 0. The summed E-state index contributed by atoms with van der Waals surface area (Å²) in [5.41, 5.74) is 2.10. The van der Waals surface area contributed by atoms with Gasteiger partial charge in [0.2, 0.25) is 0 Å². The third-order valence-electron chi connectivity index (χ3n) is 1.94. The van der Waals surface area contributed by atoms with Crippen LogP contribution in [0.25, 0.3) is 11.4 Å². The Labute approximate surface area is 74.6 Å². The number of hydrogen-bond acceptors (Lipinski definition) is 2. The van der Waals surface area contributed by atoms with Crippen molar-refractivity contribution in [3.8, 4) is 11.4 Å². The molecule has 13 heavy (non-hydrogen) atoms. The minimum absolute atomic E-state index is 0.0966. The Hall–Kier alpha value is -1.84. The molecule has 0 atom stereocenters. The van der Waals surface area contributed by atoms with Crippen molar-refractivity contribution in [2.75, 3.05) is 0 Å². The van der Waals surface area contributed by atoms with Crippen molar-refractivity contribution >= 4 is 0 Å². The lowest BCUT2D eigenvalue weighted by Crippen LogP contribution is -2.00. The summed E-state index contributed by atoms with van der Waals surface area (Å²) in [6.45, 7) is 1.76. The summed E-state index contributed by atoms with van der Waals surface area (Å²) < 4.78 is 0. The molecule has 2 heterocycles. The Morgan fingerprint density at radius 3 is 2.69 bits per heavy atom. The summed E-state index contributed by atoms with van der Waals surface area (Å²) in [4.78, 5) is 15.2. The zero-order valence-electron chi connectivity index (χ0n) is 7.16. The highest BCUT2D eigenvalue weighted by Gasteiger charge is 2.06. The highest BCUT2D eigenvalue weighted by atomic mass is 16.1. The van der Waals surface area contributed by atoms with Crippen LogP contribution in [0.5, 0.6) is 0 Å². The molecule has 2 aromatic rings. The van der Waals surface area contributed by atoms with Crippen molar-refractivity contribution in [3.05, 3.63) is 40.3 Å². The molecule has 0 aliphatic heterocycles. The predicted molar refractivity (Wildman–Crippen MR) is 49.4 cm³/mol. The number of pyridine rings is 1. The molecule has 2 rings (SSSR count). The largest absolute Gasteiger partial charge is 0.296 e. The van der Waals surface area contributed by atoms with E-state index in [-0.39, 0.29) is 5.56 Å². The summed E-state index contributed by atoms with van der Waals surface area (Å²) in [7, 11) is 0. The van der Waals surface area contributed by atoms with E-state index in [2.05, 4.69) is 15.2 Å². The molecule has 0 aliphatic carbocycles. The van der Waals surface area contributed by atoms with Crippen LogP contribution in [0.4, 0.5) is 0 Å². The van der Waals surface area contributed by atoms with Gasteiger partial charge in [0.1, 0.15) is 0 Å². The van der Waals surface area contributed by atoms with Gasteiger partial charge in [0.05, 0.1) is 11.4 Å². The first-order valence-electron chi connectivity index (χ1n) is 3.97. The van der Waals surface area contributed by atoms with E-state index < -0.39 is 0 Å². The molecule has 66 valence electrons. The van der Waals surface area contributed by atoms with Crippen LogP contribution in [0.2, 0.25) is 0 Å². The zero-order chi connectivity index (χ0) is 9.26. The van der Waals surface area contributed by atoms with E-state index in [1.807, 2.05) is 18.2 Å². The summed E-state index contributed by atoms with van der Waals surface area (Å²) in [5, 5.41) is 5.30. The fraction of sp³-hybridized carbons (Fsp3) is 0.111. The maximum absolute atomic E-state index is 11.1. The molecule has 4 heteroatoms. The van der Waals surface area contributed by atoms with Crippen LogP contribution in [0.1, 0.15) is 5.56 Å². The Balaban J connectivity index is 2.60. The van der Waals surface area contributed by atoms with E-state index in [1.54, 1.807) is 13.1 Å². The van der Waals surface area contributed by atoms with Gasteiger partial charge < -0.3 is 0 Å². The molecule has 0 radical (unpaired) electrons. The molecule has 4 nitrogen and oxygen atoms in total. The Morgan fingerprint density at radius 2 is 2.15 bits per heavy atom. The average Bonchev–Trinajstić information content (AvgIpc) is 2.49. The van der Waals surface area contributed by atoms with Gasteiger partial charge in [0.15, 0.2) is 0 Å². The molecule has 0 saturated heterocycles. The number of nitrogens with zero attached hydrogens (tertiary/aromatic N) is 1. The standard InChI is InChI=1S/C9H9N3O/c1-6-8(11-12-9(6)13)7-4-2-3-5-10-7/h2-5H,1H3,(H2,11,12,13). The lowest BCUT2D eigenvalue weighted by Gasteiger charge is -1.95. The van der Waals surface area contributed by atoms with Gasteiger partial charge in [-0.2, -0.15) is 0 Å². The van der Waals surface area contributed by atoms with Crippen LogP contribution in [-0.4, -0.2) is 15.2 Å². The van der Waals surface area contributed by atoms with E-state index in [9.17, 15) is 4.79 Å². The summed E-state index contributed by atoms with van der Waals surface area (Å²) in [6.07, 6.45) is 1.69. The molecule has 0 spiro atoms. The second kappa shape index (κ2) is 2.90. The second-order valence-electron chi connectivity index (χ2n) is 2.79. The van der Waals surface area contributed by atoms with Crippen LogP contribution >= 0.6 is 0 Å². The van der Waals surface area contributed by atoms with Crippen LogP contribution < -0.4 is 5.56 Å². The second-order valence-corrected chi connectivity index (χ2v) is 2.79. The molecule has 0 aliphatic rings. The van der Waals surface area contributed by atoms with Crippen LogP contribution in [-0.2, 0) is 0 Å². The fourth-order valence-corrected chi connectivity index (χ4v) is 1.19. The highest BCUT2D eigenvalue weighted by molar-refractivity contribution is 5.57. The van der Waals surface area contributed by atoms with E-state index in [4.69, 9.17) is 0 Å². The number of nitrogens with one attached hydrogen (secondary N) is 2. The quantitative estimate of drug-likeness (QED) is 0.681. The van der Waals surface area contributed by atoms with Gasteiger partial charge in [-0.05, 0) is 19.1 Å². The first-order chi connectivity index (χ1) is 6.29. The normalized spacial score (nSPS) is 10.2. The van der Waals surface area contributed by atoms with Crippen molar-refractivity contribution in [2.24, 2.45) is 0 Å². The zero-order valence-corrected chi connectivity index (χ0v) is 7.16. The Bertz CT molecular complexity index is 455. The molecule has 0 amide bonds. The predicted octanol–water partition coefficient (Wildman–Crippen LogP) is 1.07. The van der Waals surface area contributed by atoms with Crippen molar-refractivity contribution in [2.45, 2.75) is 6.92 Å². The van der Waals surface area contributed by atoms with Gasteiger partial charge in [-0.25, -0.2) is 0 Å². The molecule has 0 bridgehead atoms. The van der Waals surface area contributed by atoms with E-state index in [0.717, 1.165) is 11.4 Å². The molecular weight excluding hydrogens is 166 g/mol. The number of rotatable bonds is 1. The molecule has 2 N–H and O–H groups in total. The topological polar surface area (TPSA) is 61.5 Å². The SMILES string of the molecule is Cc1c(-c2ccccn2)[nH][nH]c1=O. The minimum atomic E-state index is -0.0966. The van der Waals surface area contributed by atoms with E-state index >= 15 is 0 Å². The highest BCUT2D eigenvalue weighted by Crippen LogP contribution is 2.13. The summed E-state index contributed by atoms with van der Waals surface area (Å²) in [5.74, 6) is 0. The Morgan fingerprint density at radius 1 is 1.31 bits per heavy atom. The number of H-pyrrole nitrogens is 2. The van der Waals surface area contributed by atoms with Gasteiger partial charge in [-0.15, -0.1) is 0 Å². The van der Waals surface area contributed by atoms with Crippen LogP contribution in [0.3, 0.4) is 0 Å². The fourth-order valence-electron chi connectivity index (χ4n) is 1.19. The van der Waals surface area contributed by atoms with Crippen molar-refractivity contribution in [3.63, 3.8) is 0 Å². The lowest BCUT2D eigenvalue weighted by molar-refractivity contribution is 1.05. The number of hydrogen-bond donors (Lipinski definition) is 2. The van der Waals surface area contributed by atoms with Gasteiger partial charge >= 0.3 is 0 Å². The van der Waals surface area contributed by atoms with Crippen molar-refractivity contribution in [1.82, 2.24) is 15.2 Å². The number of aromatic nitrogens is 3. The number of aromatic amines is 2. The van der Waals surface area contributed by atoms with E-state index in [0.29, 0.717) is 5.56 Å². The third kappa shape index (κ3) is 1.26. The summed E-state index contributed by atoms with van der Waals surface area (Å²) in [6, 6.07) is 5.57. The van der Waals surface area contributed by atoms with Crippen molar-refractivity contribution in [1.29, 1.82) is 0 Å². The van der Waals surface area contributed by atoms with E-state index in [1.165, 1.54) is 0 Å². The molecule has 0 aromatic carbocycles.